The predicted molar refractivity (Wildman–Crippen MR) is 58.5 cm³/mol. The zero-order chi connectivity index (χ0) is 11.7. The van der Waals surface area contributed by atoms with Crippen molar-refractivity contribution in [2.45, 2.75) is 6.04 Å². The molecule has 0 saturated heterocycles. The lowest BCUT2D eigenvalue weighted by Crippen LogP contribution is -2.17. The molecule has 0 radical (unpaired) electrons. The zero-order valence-electron chi connectivity index (χ0n) is 8.05. The Kier molecular flexibility index (Phi) is 2.82. The number of hydrogen-bond donors (Lipinski definition) is 2. The molecule has 1 aliphatic heterocycles. The molecule has 1 unspecified atom stereocenters. The van der Waals surface area contributed by atoms with Crippen LogP contribution in [0.4, 0.5) is 4.39 Å². The lowest BCUT2D eigenvalue weighted by Gasteiger charge is -2.02. The number of carboxylic acids is 1. The molecule has 0 aliphatic carbocycles. The van der Waals surface area contributed by atoms with Gasteiger partial charge in [-0.2, -0.15) is 0 Å². The summed E-state index contributed by atoms with van der Waals surface area (Å²) in [6.07, 6.45) is 0. The minimum absolute atomic E-state index is 0.0984. The van der Waals surface area contributed by atoms with E-state index in [0.717, 1.165) is 12.1 Å². The predicted octanol–water partition coefficient (Wildman–Crippen LogP) is 1.48. The number of phenolic OH excluding ortho intramolecular Hbond substituents is 1. The number of aliphatic imine (C=N–C) groups is 1. The third-order valence-corrected chi connectivity index (χ3v) is 3.21. The fourth-order valence-corrected chi connectivity index (χ4v) is 2.38. The van der Waals surface area contributed by atoms with E-state index in [2.05, 4.69) is 4.99 Å². The van der Waals surface area contributed by atoms with Crippen LogP contribution in [0, 0.1) is 5.82 Å². The molecule has 2 rings (SSSR count). The summed E-state index contributed by atoms with van der Waals surface area (Å²) >= 11 is 1.20. The smallest absolute Gasteiger partial charge is 0.329 e. The first-order valence-electron chi connectivity index (χ1n) is 4.50. The van der Waals surface area contributed by atoms with Gasteiger partial charge in [-0.15, -0.1) is 11.8 Å². The molecular formula is C10H8FNO3S. The van der Waals surface area contributed by atoms with Gasteiger partial charge in [-0.1, -0.05) is 0 Å². The lowest BCUT2D eigenvalue weighted by molar-refractivity contribution is -0.137. The van der Waals surface area contributed by atoms with Gasteiger partial charge in [0, 0.05) is 5.75 Å². The van der Waals surface area contributed by atoms with Crippen LogP contribution in [-0.4, -0.2) is 33.0 Å². The standard InChI is InChI=1S/C10H8FNO3S/c11-5-1-2-8(13)6(3-5)9-12-7(4-16-9)10(14)15/h1-3,7,13H,4H2,(H,14,15). The van der Waals surface area contributed by atoms with Gasteiger partial charge in [0.15, 0.2) is 6.04 Å². The molecule has 0 bridgehead atoms. The maximum Gasteiger partial charge on any atom is 0.329 e. The topological polar surface area (TPSA) is 69.9 Å². The monoisotopic (exact) mass is 241 g/mol. The fraction of sp³-hybridized carbons (Fsp3) is 0.200. The summed E-state index contributed by atoms with van der Waals surface area (Å²) in [6, 6.07) is 2.68. The van der Waals surface area contributed by atoms with E-state index in [1.807, 2.05) is 0 Å². The van der Waals surface area contributed by atoms with Crippen LogP contribution in [0.3, 0.4) is 0 Å². The molecule has 0 amide bonds. The summed E-state index contributed by atoms with van der Waals surface area (Å²) in [5, 5.41) is 18.6. The van der Waals surface area contributed by atoms with Crippen molar-refractivity contribution in [2.24, 2.45) is 4.99 Å². The van der Waals surface area contributed by atoms with Gasteiger partial charge in [0.25, 0.3) is 0 Å². The molecule has 0 saturated carbocycles. The van der Waals surface area contributed by atoms with Crippen molar-refractivity contribution >= 4 is 22.8 Å². The molecule has 1 aliphatic rings. The number of nitrogens with zero attached hydrogens (tertiary/aromatic N) is 1. The average molecular weight is 241 g/mol. The third kappa shape index (κ3) is 2.01. The maximum atomic E-state index is 13.0. The van der Waals surface area contributed by atoms with Gasteiger partial charge in [0.1, 0.15) is 16.6 Å². The van der Waals surface area contributed by atoms with Crippen LogP contribution in [0.25, 0.3) is 0 Å². The second kappa shape index (κ2) is 4.13. The van der Waals surface area contributed by atoms with E-state index in [9.17, 15) is 14.3 Å². The van der Waals surface area contributed by atoms with Crippen LogP contribution in [0.5, 0.6) is 5.75 Å². The Morgan fingerprint density at radius 1 is 1.56 bits per heavy atom. The highest BCUT2D eigenvalue weighted by molar-refractivity contribution is 8.14. The van der Waals surface area contributed by atoms with E-state index in [4.69, 9.17) is 5.11 Å². The first kappa shape index (κ1) is 10.9. The van der Waals surface area contributed by atoms with Crippen LogP contribution in [0.1, 0.15) is 5.56 Å². The van der Waals surface area contributed by atoms with Crippen molar-refractivity contribution in [2.75, 3.05) is 5.75 Å². The van der Waals surface area contributed by atoms with Gasteiger partial charge in [-0.25, -0.2) is 9.18 Å². The normalized spacial score (nSPS) is 19.6. The Bertz CT molecular complexity index is 475. The highest BCUT2D eigenvalue weighted by Crippen LogP contribution is 2.29. The molecule has 84 valence electrons. The SMILES string of the molecule is O=C(O)C1CSC(c2cc(F)ccc2O)=N1. The van der Waals surface area contributed by atoms with Gasteiger partial charge >= 0.3 is 5.97 Å². The van der Waals surface area contributed by atoms with Gasteiger partial charge in [0.05, 0.1) is 5.56 Å². The van der Waals surface area contributed by atoms with Crippen molar-refractivity contribution in [3.63, 3.8) is 0 Å². The Morgan fingerprint density at radius 2 is 2.31 bits per heavy atom. The third-order valence-electron chi connectivity index (χ3n) is 2.13. The Morgan fingerprint density at radius 3 is 2.94 bits per heavy atom. The summed E-state index contributed by atoms with van der Waals surface area (Å²) in [6.45, 7) is 0. The first-order chi connectivity index (χ1) is 7.58. The quantitative estimate of drug-likeness (QED) is 0.822. The highest BCUT2D eigenvalue weighted by Gasteiger charge is 2.26. The number of benzene rings is 1. The molecule has 0 fully saturated rings. The maximum absolute atomic E-state index is 13.0. The van der Waals surface area contributed by atoms with Crippen molar-refractivity contribution in [3.05, 3.63) is 29.6 Å². The second-order valence-corrected chi connectivity index (χ2v) is 4.27. The Labute approximate surface area is 94.8 Å². The average Bonchev–Trinajstić information content (AvgIpc) is 2.70. The summed E-state index contributed by atoms with van der Waals surface area (Å²) < 4.78 is 13.0. The van der Waals surface area contributed by atoms with E-state index < -0.39 is 17.8 Å². The minimum Gasteiger partial charge on any atom is -0.507 e. The van der Waals surface area contributed by atoms with Crippen molar-refractivity contribution < 1.29 is 19.4 Å². The Balaban J connectivity index is 2.35. The fourth-order valence-electron chi connectivity index (χ4n) is 1.33. The molecule has 0 aromatic heterocycles. The summed E-state index contributed by atoms with van der Waals surface area (Å²) in [7, 11) is 0. The van der Waals surface area contributed by atoms with E-state index in [-0.39, 0.29) is 11.3 Å². The van der Waals surface area contributed by atoms with Gasteiger partial charge in [0.2, 0.25) is 0 Å². The number of aromatic hydroxyl groups is 1. The minimum atomic E-state index is -1.02. The number of halogens is 1. The molecule has 1 heterocycles. The van der Waals surface area contributed by atoms with Crippen molar-refractivity contribution in [1.29, 1.82) is 0 Å². The number of hydrogen-bond acceptors (Lipinski definition) is 4. The summed E-state index contributed by atoms with van der Waals surface area (Å²) in [5.74, 6) is -1.30. The van der Waals surface area contributed by atoms with Crippen molar-refractivity contribution in [1.82, 2.24) is 0 Å². The lowest BCUT2D eigenvalue weighted by atomic mass is 10.2. The van der Waals surface area contributed by atoms with Crippen LogP contribution >= 0.6 is 11.8 Å². The molecular weight excluding hydrogens is 233 g/mol. The first-order valence-corrected chi connectivity index (χ1v) is 5.49. The molecule has 4 nitrogen and oxygen atoms in total. The van der Waals surface area contributed by atoms with Crippen LogP contribution in [-0.2, 0) is 4.79 Å². The largest absolute Gasteiger partial charge is 0.507 e. The van der Waals surface area contributed by atoms with E-state index in [1.54, 1.807) is 0 Å². The zero-order valence-corrected chi connectivity index (χ0v) is 8.87. The van der Waals surface area contributed by atoms with E-state index >= 15 is 0 Å². The van der Waals surface area contributed by atoms with Gasteiger partial charge < -0.3 is 10.2 Å². The highest BCUT2D eigenvalue weighted by atomic mass is 32.2. The van der Waals surface area contributed by atoms with Crippen LogP contribution in [0.15, 0.2) is 23.2 Å². The number of aliphatic carboxylic acids is 1. The number of carbonyl (C=O) groups is 1. The molecule has 6 heteroatoms. The van der Waals surface area contributed by atoms with E-state index in [0.29, 0.717) is 10.8 Å². The molecule has 1 aromatic rings. The number of thioether (sulfide) groups is 1. The summed E-state index contributed by atoms with van der Waals surface area (Å²) in [5.41, 5.74) is 0.244. The number of phenols is 1. The molecule has 1 aromatic carbocycles. The van der Waals surface area contributed by atoms with Crippen LogP contribution in [0.2, 0.25) is 0 Å². The molecule has 1 atom stereocenters. The van der Waals surface area contributed by atoms with E-state index in [1.165, 1.54) is 17.8 Å². The van der Waals surface area contributed by atoms with Gasteiger partial charge in [-0.05, 0) is 18.2 Å². The van der Waals surface area contributed by atoms with Crippen LogP contribution < -0.4 is 0 Å². The second-order valence-electron chi connectivity index (χ2n) is 3.26. The Hall–Kier alpha value is -1.56. The van der Waals surface area contributed by atoms with Crippen molar-refractivity contribution in [3.8, 4) is 5.75 Å². The molecule has 2 N–H and O–H groups in total. The summed E-state index contributed by atoms with van der Waals surface area (Å²) in [4.78, 5) is 14.6. The molecule has 0 spiro atoms. The van der Waals surface area contributed by atoms with Gasteiger partial charge in [-0.3, -0.25) is 4.99 Å². The number of rotatable bonds is 2. The molecule has 16 heavy (non-hydrogen) atoms. The number of carboxylic acid groups (broad SMARTS) is 1.